The van der Waals surface area contributed by atoms with Crippen LogP contribution in [0.4, 0.5) is 0 Å². The average Bonchev–Trinajstić information content (AvgIpc) is 2.84. The Morgan fingerprint density at radius 1 is 1.15 bits per heavy atom. The van der Waals surface area contributed by atoms with Gasteiger partial charge in [0.05, 0.1) is 11.3 Å². The van der Waals surface area contributed by atoms with Gasteiger partial charge < -0.3 is 9.67 Å². The van der Waals surface area contributed by atoms with E-state index in [-0.39, 0.29) is 16.2 Å². The van der Waals surface area contributed by atoms with Gasteiger partial charge in [0.2, 0.25) is 0 Å². The van der Waals surface area contributed by atoms with E-state index in [2.05, 4.69) is 10.6 Å². The number of carboxylic acid groups (broad SMARTS) is 1. The predicted molar refractivity (Wildman–Crippen MR) is 99.1 cm³/mol. The summed E-state index contributed by atoms with van der Waals surface area (Å²) in [5.74, 6) is -2.18. The van der Waals surface area contributed by atoms with Crippen molar-refractivity contribution < 1.29 is 19.5 Å². The molecule has 0 unspecified atom stereocenters. The largest absolute Gasteiger partial charge is 0.478 e. The van der Waals surface area contributed by atoms with Crippen LogP contribution in [0.25, 0.3) is 11.8 Å². The van der Waals surface area contributed by atoms with Gasteiger partial charge in [0, 0.05) is 11.4 Å². The van der Waals surface area contributed by atoms with Gasteiger partial charge in [-0.15, -0.1) is 0 Å². The molecular formula is C18H15N3O4S. The lowest BCUT2D eigenvalue weighted by Gasteiger charge is -2.16. The molecule has 1 aromatic heterocycles. The molecule has 2 amide bonds. The number of hydrogen-bond acceptors (Lipinski definition) is 4. The van der Waals surface area contributed by atoms with Crippen LogP contribution in [0.15, 0.2) is 35.9 Å². The number of rotatable bonds is 3. The molecule has 26 heavy (non-hydrogen) atoms. The van der Waals surface area contributed by atoms with Crippen LogP contribution in [0, 0.1) is 13.8 Å². The summed E-state index contributed by atoms with van der Waals surface area (Å²) in [4.78, 5) is 35.6. The number of amides is 2. The number of hydrogen-bond donors (Lipinski definition) is 3. The molecule has 132 valence electrons. The Kier molecular flexibility index (Phi) is 4.43. The average molecular weight is 369 g/mol. The fourth-order valence-electron chi connectivity index (χ4n) is 2.92. The first-order valence-electron chi connectivity index (χ1n) is 7.69. The highest BCUT2D eigenvalue weighted by atomic mass is 32.1. The molecule has 1 fully saturated rings. The molecule has 1 saturated heterocycles. The summed E-state index contributed by atoms with van der Waals surface area (Å²) in [6, 6.07) is 8.43. The first-order valence-corrected chi connectivity index (χ1v) is 8.10. The zero-order valence-electron chi connectivity index (χ0n) is 14.0. The number of nitrogens with one attached hydrogen (secondary N) is 2. The summed E-state index contributed by atoms with van der Waals surface area (Å²) in [6.07, 6.45) is 1.47. The standard InChI is InChI=1S/C18H15N3O4S/c1-9-7-11(8-13-15(22)19-18(26)20-16(13)23)10(2)21(9)14-6-4-3-5-12(14)17(24)25/h3-8H,1-2H3,(H,24,25)(H2,19,20,22,23,26). The molecule has 1 aliphatic heterocycles. The topological polar surface area (TPSA) is 100 Å². The Morgan fingerprint density at radius 3 is 2.38 bits per heavy atom. The Labute approximate surface area is 154 Å². The highest BCUT2D eigenvalue weighted by Crippen LogP contribution is 2.25. The van der Waals surface area contributed by atoms with Gasteiger partial charge in [0.25, 0.3) is 11.8 Å². The molecular weight excluding hydrogens is 354 g/mol. The number of aromatic carboxylic acids is 1. The van der Waals surface area contributed by atoms with Crippen molar-refractivity contribution in [1.29, 1.82) is 0 Å². The van der Waals surface area contributed by atoms with Crippen molar-refractivity contribution in [3.05, 3.63) is 58.4 Å². The number of aryl methyl sites for hydroxylation is 1. The van der Waals surface area contributed by atoms with Crippen molar-refractivity contribution in [1.82, 2.24) is 15.2 Å². The van der Waals surface area contributed by atoms with Crippen molar-refractivity contribution in [2.24, 2.45) is 0 Å². The van der Waals surface area contributed by atoms with Gasteiger partial charge in [-0.1, -0.05) is 12.1 Å². The monoisotopic (exact) mass is 369 g/mol. The Bertz CT molecular complexity index is 982. The third kappa shape index (κ3) is 3.02. The van der Waals surface area contributed by atoms with Crippen LogP contribution in [-0.2, 0) is 9.59 Å². The summed E-state index contributed by atoms with van der Waals surface area (Å²) in [5, 5.41) is 14.2. The second-order valence-corrected chi connectivity index (χ2v) is 6.19. The molecule has 2 heterocycles. The Morgan fingerprint density at radius 2 is 1.77 bits per heavy atom. The van der Waals surface area contributed by atoms with Gasteiger partial charge in [0.15, 0.2) is 5.11 Å². The second-order valence-electron chi connectivity index (χ2n) is 5.78. The smallest absolute Gasteiger partial charge is 0.337 e. The lowest BCUT2D eigenvalue weighted by Crippen LogP contribution is -2.51. The molecule has 1 aliphatic rings. The lowest BCUT2D eigenvalue weighted by atomic mass is 10.1. The fraction of sp³-hybridized carbons (Fsp3) is 0.111. The minimum absolute atomic E-state index is 0.0296. The fourth-order valence-corrected chi connectivity index (χ4v) is 3.10. The van der Waals surface area contributed by atoms with Gasteiger partial charge in [-0.3, -0.25) is 20.2 Å². The van der Waals surface area contributed by atoms with Crippen LogP contribution in [0.2, 0.25) is 0 Å². The normalized spacial score (nSPS) is 14.1. The Hall–Kier alpha value is -3.26. The summed E-state index contributed by atoms with van der Waals surface area (Å²) >= 11 is 4.78. The molecule has 7 nitrogen and oxygen atoms in total. The zero-order chi connectivity index (χ0) is 19.0. The van der Waals surface area contributed by atoms with E-state index in [0.29, 0.717) is 16.9 Å². The van der Waals surface area contributed by atoms with Crippen LogP contribution in [-0.4, -0.2) is 32.6 Å². The van der Waals surface area contributed by atoms with Crippen molar-refractivity contribution in [3.63, 3.8) is 0 Å². The van der Waals surface area contributed by atoms with E-state index in [4.69, 9.17) is 12.2 Å². The second kappa shape index (κ2) is 6.57. The number of nitrogens with zero attached hydrogens (tertiary/aromatic N) is 1. The van der Waals surface area contributed by atoms with E-state index >= 15 is 0 Å². The van der Waals surface area contributed by atoms with E-state index in [0.717, 1.165) is 5.69 Å². The first-order chi connectivity index (χ1) is 12.3. The van der Waals surface area contributed by atoms with Gasteiger partial charge >= 0.3 is 5.97 Å². The number of para-hydroxylation sites is 1. The quantitative estimate of drug-likeness (QED) is 0.434. The molecule has 3 rings (SSSR count). The lowest BCUT2D eigenvalue weighted by molar-refractivity contribution is -0.123. The number of carbonyl (C=O) groups is 3. The summed E-state index contributed by atoms with van der Waals surface area (Å²) < 4.78 is 1.78. The molecule has 0 bridgehead atoms. The third-order valence-electron chi connectivity index (χ3n) is 4.09. The van der Waals surface area contributed by atoms with Crippen molar-refractivity contribution in [3.8, 4) is 5.69 Å². The van der Waals surface area contributed by atoms with E-state index in [1.807, 2.05) is 6.92 Å². The highest BCUT2D eigenvalue weighted by molar-refractivity contribution is 7.80. The summed E-state index contributed by atoms with van der Waals surface area (Å²) in [5.41, 5.74) is 2.72. The molecule has 1 aromatic carbocycles. The number of benzene rings is 1. The number of aromatic nitrogens is 1. The van der Waals surface area contributed by atoms with Crippen molar-refractivity contribution in [2.45, 2.75) is 13.8 Å². The van der Waals surface area contributed by atoms with Crippen molar-refractivity contribution >= 4 is 41.2 Å². The minimum atomic E-state index is -1.03. The van der Waals surface area contributed by atoms with E-state index in [9.17, 15) is 19.5 Å². The maximum absolute atomic E-state index is 12.0. The molecule has 0 spiro atoms. The molecule has 2 aromatic rings. The number of carboxylic acids is 1. The van der Waals surface area contributed by atoms with E-state index in [1.54, 1.807) is 35.8 Å². The van der Waals surface area contributed by atoms with E-state index < -0.39 is 17.8 Å². The summed E-state index contributed by atoms with van der Waals surface area (Å²) in [7, 11) is 0. The molecule has 0 aliphatic carbocycles. The predicted octanol–water partition coefficient (Wildman–Crippen LogP) is 1.71. The number of carbonyl (C=O) groups excluding carboxylic acids is 2. The molecule has 8 heteroatoms. The molecule has 0 atom stereocenters. The molecule has 3 N–H and O–H groups in total. The van der Waals surface area contributed by atoms with Gasteiger partial charge in [-0.25, -0.2) is 4.79 Å². The van der Waals surface area contributed by atoms with Crippen LogP contribution < -0.4 is 10.6 Å². The van der Waals surface area contributed by atoms with E-state index in [1.165, 1.54) is 12.1 Å². The van der Waals surface area contributed by atoms with Gasteiger partial charge in [-0.05, 0) is 55.9 Å². The third-order valence-corrected chi connectivity index (χ3v) is 4.29. The zero-order valence-corrected chi connectivity index (χ0v) is 14.8. The van der Waals surface area contributed by atoms with Crippen molar-refractivity contribution in [2.75, 3.05) is 0 Å². The van der Waals surface area contributed by atoms with Gasteiger partial charge in [0.1, 0.15) is 5.57 Å². The Balaban J connectivity index is 2.12. The molecule has 0 radical (unpaired) electrons. The number of thiocarbonyl (C=S) groups is 1. The molecule has 0 saturated carbocycles. The first kappa shape index (κ1) is 17.6. The SMILES string of the molecule is Cc1cc(C=C2C(=O)NC(=S)NC2=O)c(C)n1-c1ccccc1C(=O)O. The van der Waals surface area contributed by atoms with Crippen LogP contribution in [0.5, 0.6) is 0 Å². The summed E-state index contributed by atoms with van der Waals surface area (Å²) in [6.45, 7) is 3.62. The maximum Gasteiger partial charge on any atom is 0.337 e. The van der Waals surface area contributed by atoms with Crippen LogP contribution in [0.1, 0.15) is 27.3 Å². The van der Waals surface area contributed by atoms with Crippen LogP contribution >= 0.6 is 12.2 Å². The highest BCUT2D eigenvalue weighted by Gasteiger charge is 2.26. The minimum Gasteiger partial charge on any atom is -0.478 e. The van der Waals surface area contributed by atoms with Crippen LogP contribution in [0.3, 0.4) is 0 Å². The maximum atomic E-state index is 12.0. The van der Waals surface area contributed by atoms with Gasteiger partial charge in [-0.2, -0.15) is 0 Å².